The van der Waals surface area contributed by atoms with Crippen LogP contribution in [0.2, 0.25) is 5.02 Å². The van der Waals surface area contributed by atoms with E-state index in [1.165, 1.54) is 13.8 Å². The average Bonchev–Trinajstić information content (AvgIpc) is 1.54. The van der Waals surface area contributed by atoms with E-state index in [1.807, 2.05) is 0 Å². The molecule has 7 rings (SSSR count). The molecule has 0 spiro atoms. The van der Waals surface area contributed by atoms with Crippen molar-refractivity contribution in [3.8, 4) is 23.0 Å². The predicted molar refractivity (Wildman–Crippen MR) is 298 cm³/mol. The molecule has 88 heavy (non-hydrogen) atoms. The molecular weight excluding hydrogens is 1280 g/mol. The Morgan fingerprint density at radius 2 is 1.49 bits per heavy atom. The highest BCUT2D eigenvalue weighted by Gasteiger charge is 2.68. The smallest absolute Gasteiger partial charge is 0.422 e. The Labute approximate surface area is 503 Å². The number of carbonyl (C=O) groups excluding carboxylic acids is 3. The van der Waals surface area contributed by atoms with Gasteiger partial charge in [-0.25, -0.2) is 49.3 Å². The SMILES string of the molecule is CN(CCNC(=O)OCOP(=O)(OC(C)(C)C)OC(C)(C)C)C(=O)N(c1nn(CC(F)(F)F)c2c(-c3ccc(C#CC(C)(C)S(C)(=O)=O)nc3[C@H](Cc3cc(F)cc(F)c3)NC(=O)Cn3nc(C(F)(F)F)c4c3C(F)(F)[C@@H]3C[C@H]43)ccc(Cl)c12)S(C)(=O)=O. The molecule has 0 aliphatic heterocycles. The van der Waals surface area contributed by atoms with Gasteiger partial charge in [0, 0.05) is 55.1 Å². The molecular formula is C53H59ClF10N9O12PS2. The standard InChI is InChI=1S/C53H59ClF10N9O12PS2/c1-48(2,3)84-86(77,85-49(4,5)6)83-27-82-46(75)65-18-19-70(9)47(76)73(88(11,80)81)45-40-36(54)15-14-33(42(40)72(69-45)26-51(57,58)59)32-13-12-31(16-17-50(7,8)87(10,78)79)66-41(32)37(22-28-20-29(55)23-30(56)21-28)67-38(74)25-71-44-39(43(68-71)53(62,63)64)34-24-35(34)52(44,60)61/h12-15,20-21,23,34-35,37H,18-19,22,24-27H2,1-11H3,(H,65,75)(H,67,74)/t34-,35+,37-/m0/s1. The molecule has 3 heterocycles. The monoisotopic (exact) mass is 1330 g/mol. The van der Waals surface area contributed by atoms with Gasteiger partial charge in [-0.1, -0.05) is 23.6 Å². The normalized spacial score (nSPS) is 16.5. The molecule has 2 N–H and O–H groups in total. The second-order valence-corrected chi connectivity index (χ2v) is 29.5. The summed E-state index contributed by atoms with van der Waals surface area (Å²) in [7, 11) is -12.3. The van der Waals surface area contributed by atoms with Crippen molar-refractivity contribution in [1.82, 2.24) is 40.1 Å². The van der Waals surface area contributed by atoms with Crippen LogP contribution in [0.5, 0.6) is 0 Å². The first-order chi connectivity index (χ1) is 40.1. The van der Waals surface area contributed by atoms with E-state index >= 15 is 8.78 Å². The Hall–Kier alpha value is -6.56. The number of phosphoric ester groups is 1. The minimum absolute atomic E-state index is 0.00185. The highest BCUT2D eigenvalue weighted by molar-refractivity contribution is 7.93. The molecule has 1 fully saturated rings. The highest BCUT2D eigenvalue weighted by atomic mass is 35.5. The van der Waals surface area contributed by atoms with E-state index in [1.54, 1.807) is 41.5 Å². The number of sulfonamides is 1. The number of nitrogens with one attached hydrogen (secondary N) is 2. The van der Waals surface area contributed by atoms with Crippen LogP contribution >= 0.6 is 19.4 Å². The molecule has 21 nitrogen and oxygen atoms in total. The van der Waals surface area contributed by atoms with Gasteiger partial charge < -0.3 is 20.3 Å². The summed E-state index contributed by atoms with van der Waals surface area (Å²) in [5, 5.41) is 10.8. The summed E-state index contributed by atoms with van der Waals surface area (Å²) in [6, 6.07) is 3.04. The number of benzene rings is 2. The number of likely N-dealkylation sites (N-methyl/N-ethyl adjacent to an activating group) is 1. The molecule has 1 saturated carbocycles. The van der Waals surface area contributed by atoms with Crippen molar-refractivity contribution in [2.24, 2.45) is 5.92 Å². The van der Waals surface area contributed by atoms with Gasteiger partial charge in [0.15, 0.2) is 21.3 Å². The second kappa shape index (κ2) is 24.3. The summed E-state index contributed by atoms with van der Waals surface area (Å²) in [6.45, 7) is 6.35. The minimum atomic E-state index is -5.26. The summed E-state index contributed by atoms with van der Waals surface area (Å²) in [6.07, 6.45) is -11.4. The summed E-state index contributed by atoms with van der Waals surface area (Å²) in [4.78, 5) is 46.6. The van der Waals surface area contributed by atoms with Crippen LogP contribution < -0.4 is 14.9 Å². The Bertz CT molecular complexity index is 3890. The van der Waals surface area contributed by atoms with Gasteiger partial charge in [-0.05, 0) is 116 Å². The van der Waals surface area contributed by atoms with E-state index < -0.39 is 199 Å². The van der Waals surface area contributed by atoms with Crippen molar-refractivity contribution in [3.63, 3.8) is 0 Å². The Balaban J connectivity index is 1.33. The van der Waals surface area contributed by atoms with Crippen LogP contribution in [-0.4, -0.2) is 126 Å². The summed E-state index contributed by atoms with van der Waals surface area (Å²) < 4.78 is 235. The lowest BCUT2D eigenvalue weighted by atomic mass is 9.93. The van der Waals surface area contributed by atoms with Crippen molar-refractivity contribution >= 4 is 74.0 Å². The van der Waals surface area contributed by atoms with E-state index in [9.17, 15) is 70.9 Å². The first-order valence-corrected chi connectivity index (χ1v) is 31.8. The summed E-state index contributed by atoms with van der Waals surface area (Å²) in [5.74, 6) is -6.30. The molecule has 0 radical (unpaired) electrons. The van der Waals surface area contributed by atoms with Crippen molar-refractivity contribution < 1.29 is 98.0 Å². The maximum absolute atomic E-state index is 15.7. The maximum Gasteiger partial charge on any atom is 0.478 e. The van der Waals surface area contributed by atoms with Gasteiger partial charge in [0.1, 0.15) is 40.9 Å². The number of urea groups is 1. The van der Waals surface area contributed by atoms with Gasteiger partial charge in [0.25, 0.3) is 5.92 Å². The van der Waals surface area contributed by atoms with Crippen LogP contribution in [0.4, 0.5) is 59.3 Å². The van der Waals surface area contributed by atoms with Crippen LogP contribution in [0, 0.1) is 29.4 Å². The van der Waals surface area contributed by atoms with Crippen molar-refractivity contribution in [1.29, 1.82) is 0 Å². The van der Waals surface area contributed by atoms with Crippen molar-refractivity contribution in [2.45, 2.75) is 128 Å². The number of fused-ring (bicyclic) bond motifs is 4. The van der Waals surface area contributed by atoms with E-state index in [4.69, 9.17) is 29.9 Å². The first kappa shape index (κ1) is 68.9. The van der Waals surface area contributed by atoms with Gasteiger partial charge in [0.05, 0.1) is 45.1 Å². The molecule has 0 bridgehead atoms. The number of phosphoric acid groups is 1. The number of halogens is 11. The maximum atomic E-state index is 15.7. The molecule has 0 saturated heterocycles. The number of pyridine rings is 1. The quantitative estimate of drug-likeness (QED) is 0.0337. The largest absolute Gasteiger partial charge is 0.478 e. The van der Waals surface area contributed by atoms with Crippen LogP contribution in [0.25, 0.3) is 22.0 Å². The molecule has 2 aromatic carbocycles. The molecule has 2 aliphatic rings. The Morgan fingerprint density at radius 1 is 0.886 bits per heavy atom. The topological polar surface area (TPSA) is 253 Å². The van der Waals surface area contributed by atoms with Gasteiger partial charge in [-0.3, -0.25) is 23.2 Å². The third-order valence-electron chi connectivity index (χ3n) is 13.2. The van der Waals surface area contributed by atoms with Crippen molar-refractivity contribution in [2.75, 3.05) is 43.7 Å². The lowest BCUT2D eigenvalue weighted by molar-refractivity contribution is -0.143. The van der Waals surface area contributed by atoms with Gasteiger partial charge in [-0.15, -0.1) is 0 Å². The van der Waals surface area contributed by atoms with Crippen LogP contribution in [-0.2, 0) is 79.1 Å². The summed E-state index contributed by atoms with van der Waals surface area (Å²) >= 11 is 6.74. The third-order valence-corrected chi connectivity index (χ3v) is 18.4. The number of carbonyl (C=O) groups is 3. The molecule has 35 heteroatoms. The number of hydrogen-bond donors (Lipinski definition) is 2. The van der Waals surface area contributed by atoms with E-state index in [2.05, 4.69) is 37.7 Å². The zero-order valence-electron chi connectivity index (χ0n) is 48.7. The molecule has 4 amide bonds. The molecule has 2 aliphatic carbocycles. The fourth-order valence-corrected chi connectivity index (χ4v) is 12.3. The Kier molecular flexibility index (Phi) is 19.1. The summed E-state index contributed by atoms with van der Waals surface area (Å²) in [5.41, 5.74) is -8.37. The average molecular weight is 1330 g/mol. The van der Waals surface area contributed by atoms with E-state index in [-0.39, 0.29) is 36.9 Å². The number of amides is 4. The number of sulfone groups is 1. The zero-order valence-corrected chi connectivity index (χ0v) is 52.0. The molecule has 5 aromatic rings. The van der Waals surface area contributed by atoms with Crippen LogP contribution in [0.3, 0.4) is 0 Å². The van der Waals surface area contributed by atoms with Gasteiger partial charge in [-0.2, -0.15) is 49.6 Å². The molecule has 482 valence electrons. The Morgan fingerprint density at radius 3 is 2.05 bits per heavy atom. The lowest BCUT2D eigenvalue weighted by Crippen LogP contribution is -2.47. The van der Waals surface area contributed by atoms with E-state index in [0.29, 0.717) is 17.2 Å². The first-order valence-electron chi connectivity index (χ1n) is 26.2. The molecule has 3 atom stereocenters. The fraction of sp³-hybridized carbons (Fsp3) is 0.509. The minimum Gasteiger partial charge on any atom is -0.422 e. The van der Waals surface area contributed by atoms with Gasteiger partial charge in [0.2, 0.25) is 22.7 Å². The highest BCUT2D eigenvalue weighted by Crippen LogP contribution is 2.68. The number of ether oxygens (including phenoxy) is 1. The van der Waals surface area contributed by atoms with E-state index in [0.717, 1.165) is 49.7 Å². The number of nitrogens with zero attached hydrogens (tertiary/aromatic N) is 7. The van der Waals surface area contributed by atoms with Crippen molar-refractivity contribution in [3.05, 3.63) is 93.0 Å². The molecule has 0 unspecified atom stereocenters. The molecule has 3 aromatic heterocycles. The number of hydrogen-bond acceptors (Lipinski definition) is 15. The van der Waals surface area contributed by atoms with Crippen LogP contribution in [0.1, 0.15) is 108 Å². The second-order valence-electron chi connectivity index (χ2n) is 23.2. The number of alkyl carbamates (subject to hydrolysis) is 1. The zero-order chi connectivity index (χ0) is 66.0. The number of alkyl halides is 8. The number of aromatic nitrogens is 5. The lowest BCUT2D eigenvalue weighted by Gasteiger charge is -2.30. The number of anilines is 1. The fourth-order valence-electron chi connectivity index (χ4n) is 9.30. The predicted octanol–water partition coefficient (Wildman–Crippen LogP) is 10.5. The van der Waals surface area contributed by atoms with Crippen LogP contribution in [0.15, 0.2) is 42.5 Å². The van der Waals surface area contributed by atoms with Gasteiger partial charge >= 0.3 is 32.3 Å². The third kappa shape index (κ3) is 16.1. The number of rotatable bonds is 19.